The van der Waals surface area contributed by atoms with Gasteiger partial charge in [-0.3, -0.25) is 9.48 Å². The van der Waals surface area contributed by atoms with E-state index in [1.807, 2.05) is 14.0 Å². The van der Waals surface area contributed by atoms with Gasteiger partial charge in [0, 0.05) is 23.4 Å². The fraction of sp³-hybridized carbons (Fsp3) is 0.231. The zero-order valence-electron chi connectivity index (χ0n) is 10.8. The molecule has 2 rings (SSSR count). The number of hydrogen-bond acceptors (Lipinski definition) is 3. The molecule has 100 valence electrons. The topological polar surface area (TPSA) is 72.9 Å². The molecule has 5 nitrogen and oxygen atoms in total. The van der Waals surface area contributed by atoms with Crippen LogP contribution in [0.1, 0.15) is 23.0 Å². The summed E-state index contributed by atoms with van der Waals surface area (Å²) in [5.41, 5.74) is 8.34. The van der Waals surface area contributed by atoms with Crippen LogP contribution in [0.2, 0.25) is 0 Å². The molecule has 1 amide bonds. The van der Waals surface area contributed by atoms with Crippen molar-refractivity contribution in [2.75, 3.05) is 11.1 Å². The number of nitrogen functional groups attached to an aromatic ring is 1. The molecule has 0 aliphatic rings. The van der Waals surface area contributed by atoms with Gasteiger partial charge < -0.3 is 11.1 Å². The van der Waals surface area contributed by atoms with Gasteiger partial charge in [-0.15, -0.1) is 0 Å². The number of nitrogens with zero attached hydrogens (tertiary/aromatic N) is 2. The van der Waals surface area contributed by atoms with Crippen molar-refractivity contribution in [3.63, 3.8) is 0 Å². The van der Waals surface area contributed by atoms with Gasteiger partial charge in [-0.25, -0.2) is 0 Å². The van der Waals surface area contributed by atoms with Gasteiger partial charge in [-0.1, -0.05) is 6.92 Å². The minimum atomic E-state index is -0.207. The van der Waals surface area contributed by atoms with Crippen LogP contribution in [0.5, 0.6) is 0 Å². The Labute approximate surface area is 119 Å². The zero-order chi connectivity index (χ0) is 14.0. The van der Waals surface area contributed by atoms with E-state index in [0.29, 0.717) is 15.7 Å². The standard InChI is InChI=1S/C13H15BrN4O/c1-3-11-12(7-18(2)17-11)16-13(19)9-6-8(15)4-5-10(9)14/h4-7H,3,15H2,1-2H3,(H,16,19). The molecule has 0 atom stereocenters. The van der Waals surface area contributed by atoms with Crippen molar-refractivity contribution in [3.05, 3.63) is 40.1 Å². The molecule has 0 saturated heterocycles. The van der Waals surface area contributed by atoms with Crippen LogP contribution in [0.25, 0.3) is 0 Å². The molecule has 0 radical (unpaired) electrons. The van der Waals surface area contributed by atoms with Crippen LogP contribution < -0.4 is 11.1 Å². The summed E-state index contributed by atoms with van der Waals surface area (Å²) in [6.45, 7) is 1.99. The second-order valence-corrected chi connectivity index (χ2v) is 5.06. The van der Waals surface area contributed by atoms with E-state index in [2.05, 4.69) is 26.3 Å². The maximum absolute atomic E-state index is 12.2. The summed E-state index contributed by atoms with van der Waals surface area (Å²) < 4.78 is 2.39. The number of aryl methyl sites for hydroxylation is 2. The van der Waals surface area contributed by atoms with Crippen LogP contribution in [0.4, 0.5) is 11.4 Å². The largest absolute Gasteiger partial charge is 0.399 e. The number of nitrogens with one attached hydrogen (secondary N) is 1. The van der Waals surface area contributed by atoms with Crippen LogP contribution >= 0.6 is 15.9 Å². The highest BCUT2D eigenvalue weighted by Gasteiger charge is 2.14. The smallest absolute Gasteiger partial charge is 0.256 e. The maximum Gasteiger partial charge on any atom is 0.256 e. The highest BCUT2D eigenvalue weighted by atomic mass is 79.9. The van der Waals surface area contributed by atoms with Crippen LogP contribution in [-0.4, -0.2) is 15.7 Å². The normalized spacial score (nSPS) is 10.5. The Morgan fingerprint density at radius 1 is 1.53 bits per heavy atom. The van der Waals surface area contributed by atoms with Crippen molar-refractivity contribution in [1.29, 1.82) is 0 Å². The van der Waals surface area contributed by atoms with Crippen molar-refractivity contribution in [3.8, 4) is 0 Å². The van der Waals surface area contributed by atoms with E-state index >= 15 is 0 Å². The second kappa shape index (κ2) is 5.44. The lowest BCUT2D eigenvalue weighted by Gasteiger charge is -2.07. The highest BCUT2D eigenvalue weighted by Crippen LogP contribution is 2.22. The number of rotatable bonds is 3. The molecule has 0 spiro atoms. The van der Waals surface area contributed by atoms with Gasteiger partial charge in [0.1, 0.15) is 0 Å². The van der Waals surface area contributed by atoms with Crippen LogP contribution in [0, 0.1) is 0 Å². The number of aromatic nitrogens is 2. The molecule has 1 heterocycles. The average molecular weight is 323 g/mol. The summed E-state index contributed by atoms with van der Waals surface area (Å²) in [7, 11) is 1.82. The Morgan fingerprint density at radius 2 is 2.26 bits per heavy atom. The molecule has 0 saturated carbocycles. The fourth-order valence-electron chi connectivity index (χ4n) is 1.81. The van der Waals surface area contributed by atoms with Gasteiger partial charge in [0.15, 0.2) is 0 Å². The Kier molecular flexibility index (Phi) is 3.90. The molecule has 0 fully saturated rings. The van der Waals surface area contributed by atoms with Gasteiger partial charge in [-0.2, -0.15) is 5.10 Å². The lowest BCUT2D eigenvalue weighted by atomic mass is 10.2. The average Bonchev–Trinajstić information content (AvgIpc) is 2.72. The SMILES string of the molecule is CCc1nn(C)cc1NC(=O)c1cc(N)ccc1Br. The molecule has 0 bridgehead atoms. The van der Waals surface area contributed by atoms with Crippen molar-refractivity contribution < 1.29 is 4.79 Å². The molecular formula is C13H15BrN4O. The summed E-state index contributed by atoms with van der Waals surface area (Å²) in [4.78, 5) is 12.2. The van der Waals surface area contributed by atoms with Crippen LogP contribution in [-0.2, 0) is 13.5 Å². The Bertz CT molecular complexity index is 621. The van der Waals surface area contributed by atoms with E-state index in [-0.39, 0.29) is 5.91 Å². The summed E-state index contributed by atoms with van der Waals surface area (Å²) in [6, 6.07) is 5.14. The number of nitrogens with two attached hydrogens (primary N) is 1. The monoisotopic (exact) mass is 322 g/mol. The van der Waals surface area contributed by atoms with E-state index in [1.54, 1.807) is 29.1 Å². The predicted molar refractivity (Wildman–Crippen MR) is 79.1 cm³/mol. The molecule has 19 heavy (non-hydrogen) atoms. The summed E-state index contributed by atoms with van der Waals surface area (Å²) in [5, 5.41) is 7.14. The lowest BCUT2D eigenvalue weighted by Crippen LogP contribution is -2.13. The maximum atomic E-state index is 12.2. The number of halogens is 1. The van der Waals surface area contributed by atoms with Crippen molar-refractivity contribution >= 4 is 33.2 Å². The molecule has 0 unspecified atom stereocenters. The molecule has 1 aromatic heterocycles. The fourth-order valence-corrected chi connectivity index (χ4v) is 2.23. The molecule has 0 aliphatic carbocycles. The zero-order valence-corrected chi connectivity index (χ0v) is 12.4. The summed E-state index contributed by atoms with van der Waals surface area (Å²) in [5.74, 6) is -0.207. The number of hydrogen-bond donors (Lipinski definition) is 2. The van der Waals surface area contributed by atoms with E-state index in [1.165, 1.54) is 0 Å². The number of benzene rings is 1. The quantitative estimate of drug-likeness (QED) is 0.853. The Balaban J connectivity index is 2.27. The van der Waals surface area contributed by atoms with Gasteiger partial charge in [-0.05, 0) is 40.5 Å². The predicted octanol–water partition coefficient (Wildman–Crippen LogP) is 2.58. The minimum absolute atomic E-state index is 0.207. The second-order valence-electron chi connectivity index (χ2n) is 4.21. The summed E-state index contributed by atoms with van der Waals surface area (Å²) in [6.07, 6.45) is 2.55. The first-order chi connectivity index (χ1) is 9.01. The van der Waals surface area contributed by atoms with Gasteiger partial charge in [0.05, 0.1) is 16.9 Å². The Morgan fingerprint density at radius 3 is 2.95 bits per heavy atom. The number of anilines is 2. The van der Waals surface area contributed by atoms with Crippen molar-refractivity contribution in [1.82, 2.24) is 9.78 Å². The van der Waals surface area contributed by atoms with Crippen LogP contribution in [0.15, 0.2) is 28.9 Å². The van der Waals surface area contributed by atoms with Crippen molar-refractivity contribution in [2.45, 2.75) is 13.3 Å². The van der Waals surface area contributed by atoms with E-state index < -0.39 is 0 Å². The first-order valence-electron chi connectivity index (χ1n) is 5.90. The molecular weight excluding hydrogens is 308 g/mol. The Hall–Kier alpha value is -1.82. The number of carbonyl (C=O) groups is 1. The van der Waals surface area contributed by atoms with E-state index in [0.717, 1.165) is 17.8 Å². The third kappa shape index (κ3) is 2.96. The van der Waals surface area contributed by atoms with Crippen molar-refractivity contribution in [2.24, 2.45) is 7.05 Å². The van der Waals surface area contributed by atoms with Crippen LogP contribution in [0.3, 0.4) is 0 Å². The lowest BCUT2D eigenvalue weighted by molar-refractivity contribution is 0.102. The molecule has 1 aromatic carbocycles. The third-order valence-electron chi connectivity index (χ3n) is 2.72. The molecule has 6 heteroatoms. The number of carbonyl (C=O) groups excluding carboxylic acids is 1. The summed E-state index contributed by atoms with van der Waals surface area (Å²) >= 11 is 3.35. The molecule has 2 aromatic rings. The minimum Gasteiger partial charge on any atom is -0.399 e. The van der Waals surface area contributed by atoms with E-state index in [9.17, 15) is 4.79 Å². The third-order valence-corrected chi connectivity index (χ3v) is 3.41. The molecule has 3 N–H and O–H groups in total. The first kappa shape index (κ1) is 13.6. The first-order valence-corrected chi connectivity index (χ1v) is 6.69. The molecule has 0 aliphatic heterocycles. The van der Waals surface area contributed by atoms with Gasteiger partial charge in [0.25, 0.3) is 5.91 Å². The van der Waals surface area contributed by atoms with Gasteiger partial charge >= 0.3 is 0 Å². The number of amides is 1. The van der Waals surface area contributed by atoms with Gasteiger partial charge in [0.2, 0.25) is 0 Å². The van der Waals surface area contributed by atoms with E-state index in [4.69, 9.17) is 5.73 Å². The highest BCUT2D eigenvalue weighted by molar-refractivity contribution is 9.10.